The first-order chi connectivity index (χ1) is 8.51. The number of hydrogen-bond acceptors (Lipinski definition) is 4. The highest BCUT2D eigenvalue weighted by molar-refractivity contribution is 5.86. The highest BCUT2D eigenvalue weighted by atomic mass is 16.2. The molecule has 4 N–H and O–H groups in total. The molecule has 1 heterocycles. The van der Waals surface area contributed by atoms with E-state index in [-0.39, 0.29) is 11.9 Å². The molecule has 0 radical (unpaired) electrons. The molecule has 3 unspecified atom stereocenters. The molecule has 1 amide bonds. The summed E-state index contributed by atoms with van der Waals surface area (Å²) in [5, 5.41) is 9.44. The lowest BCUT2D eigenvalue weighted by molar-refractivity contribution is -0.128. The molecule has 6 heteroatoms. The molecule has 1 fully saturated rings. The average molecular weight is 251 g/mol. The minimum absolute atomic E-state index is 0.0852. The molecule has 100 valence electrons. The van der Waals surface area contributed by atoms with Crippen LogP contribution in [0.25, 0.3) is 0 Å². The highest BCUT2D eigenvalue weighted by Gasteiger charge is 2.38. The SMILES string of the molecule is CC1CCCC(N)(C(=O)NC(C)c2ncn[nH]2)C1. The summed E-state index contributed by atoms with van der Waals surface area (Å²) in [6.07, 6.45) is 5.11. The Kier molecular flexibility index (Phi) is 3.65. The van der Waals surface area contributed by atoms with Gasteiger partial charge in [0.25, 0.3) is 0 Å². The van der Waals surface area contributed by atoms with Crippen LogP contribution < -0.4 is 11.1 Å². The maximum absolute atomic E-state index is 12.3. The van der Waals surface area contributed by atoms with Gasteiger partial charge in [-0.15, -0.1) is 0 Å². The molecule has 3 atom stereocenters. The summed E-state index contributed by atoms with van der Waals surface area (Å²) in [5.41, 5.74) is 5.51. The van der Waals surface area contributed by atoms with Gasteiger partial charge < -0.3 is 11.1 Å². The fraction of sp³-hybridized carbons (Fsp3) is 0.750. The molecular weight excluding hydrogens is 230 g/mol. The largest absolute Gasteiger partial charge is 0.345 e. The molecule has 1 saturated carbocycles. The lowest BCUT2D eigenvalue weighted by Crippen LogP contribution is -2.56. The first-order valence-electron chi connectivity index (χ1n) is 6.46. The van der Waals surface area contributed by atoms with E-state index in [1.165, 1.54) is 6.33 Å². The minimum Gasteiger partial charge on any atom is -0.345 e. The van der Waals surface area contributed by atoms with Gasteiger partial charge in [-0.1, -0.05) is 19.8 Å². The van der Waals surface area contributed by atoms with E-state index in [1.54, 1.807) is 0 Å². The number of aromatic amines is 1. The first-order valence-corrected chi connectivity index (χ1v) is 6.46. The van der Waals surface area contributed by atoms with Crippen LogP contribution in [-0.4, -0.2) is 26.6 Å². The Labute approximate surface area is 107 Å². The van der Waals surface area contributed by atoms with Gasteiger partial charge in [0, 0.05) is 0 Å². The van der Waals surface area contributed by atoms with Gasteiger partial charge in [0.1, 0.15) is 12.2 Å². The fourth-order valence-electron chi connectivity index (χ4n) is 2.63. The summed E-state index contributed by atoms with van der Waals surface area (Å²) in [5.74, 6) is 1.07. The number of nitrogens with two attached hydrogens (primary N) is 1. The van der Waals surface area contributed by atoms with Crippen molar-refractivity contribution in [3.8, 4) is 0 Å². The second kappa shape index (κ2) is 5.06. The van der Waals surface area contributed by atoms with Crippen LogP contribution in [0.5, 0.6) is 0 Å². The summed E-state index contributed by atoms with van der Waals surface area (Å²) in [6, 6.07) is -0.197. The van der Waals surface area contributed by atoms with Crippen molar-refractivity contribution in [3.63, 3.8) is 0 Å². The van der Waals surface area contributed by atoms with Gasteiger partial charge in [-0.2, -0.15) is 5.10 Å². The zero-order chi connectivity index (χ0) is 13.2. The highest BCUT2D eigenvalue weighted by Crippen LogP contribution is 2.30. The Balaban J connectivity index is 1.98. The number of carbonyl (C=O) groups excluding carboxylic acids is 1. The Hall–Kier alpha value is -1.43. The maximum Gasteiger partial charge on any atom is 0.240 e. The smallest absolute Gasteiger partial charge is 0.240 e. The van der Waals surface area contributed by atoms with Crippen LogP contribution in [0.1, 0.15) is 51.4 Å². The van der Waals surface area contributed by atoms with Gasteiger partial charge >= 0.3 is 0 Å². The zero-order valence-electron chi connectivity index (χ0n) is 10.9. The summed E-state index contributed by atoms with van der Waals surface area (Å²) in [4.78, 5) is 16.3. The van der Waals surface area contributed by atoms with Crippen LogP contribution in [-0.2, 0) is 4.79 Å². The predicted octanol–water partition coefficient (Wildman–Crippen LogP) is 0.889. The van der Waals surface area contributed by atoms with E-state index >= 15 is 0 Å². The monoisotopic (exact) mass is 251 g/mol. The number of rotatable bonds is 3. The number of nitrogens with zero attached hydrogens (tertiary/aromatic N) is 2. The van der Waals surface area contributed by atoms with Gasteiger partial charge in [0.15, 0.2) is 0 Å². The molecule has 0 aliphatic heterocycles. The molecule has 0 aromatic carbocycles. The van der Waals surface area contributed by atoms with Crippen molar-refractivity contribution >= 4 is 5.91 Å². The molecule has 1 aromatic rings. The molecule has 6 nitrogen and oxygen atoms in total. The van der Waals surface area contributed by atoms with E-state index < -0.39 is 5.54 Å². The Bertz CT molecular complexity index is 405. The van der Waals surface area contributed by atoms with E-state index in [0.29, 0.717) is 11.7 Å². The van der Waals surface area contributed by atoms with Crippen molar-refractivity contribution in [2.45, 2.75) is 51.1 Å². The van der Waals surface area contributed by atoms with Crippen molar-refractivity contribution in [1.82, 2.24) is 20.5 Å². The third-order valence-electron chi connectivity index (χ3n) is 3.68. The van der Waals surface area contributed by atoms with E-state index in [2.05, 4.69) is 27.4 Å². The van der Waals surface area contributed by atoms with Crippen LogP contribution in [0.4, 0.5) is 0 Å². The van der Waals surface area contributed by atoms with Crippen molar-refractivity contribution < 1.29 is 4.79 Å². The number of aromatic nitrogens is 3. The van der Waals surface area contributed by atoms with Crippen molar-refractivity contribution in [2.24, 2.45) is 11.7 Å². The topological polar surface area (TPSA) is 96.7 Å². The molecule has 0 saturated heterocycles. The normalized spacial score (nSPS) is 29.8. The predicted molar refractivity (Wildman–Crippen MR) is 67.5 cm³/mol. The third-order valence-corrected chi connectivity index (χ3v) is 3.68. The average Bonchev–Trinajstić information content (AvgIpc) is 2.81. The second-order valence-electron chi connectivity index (χ2n) is 5.42. The van der Waals surface area contributed by atoms with Gasteiger partial charge in [-0.3, -0.25) is 9.89 Å². The summed E-state index contributed by atoms with van der Waals surface area (Å²) in [7, 11) is 0. The van der Waals surface area contributed by atoms with Gasteiger partial charge in [-0.25, -0.2) is 4.98 Å². The Morgan fingerprint density at radius 3 is 3.11 bits per heavy atom. The van der Waals surface area contributed by atoms with Crippen LogP contribution in [0.3, 0.4) is 0 Å². The molecule has 0 spiro atoms. The number of H-pyrrole nitrogens is 1. The number of amides is 1. The lowest BCUT2D eigenvalue weighted by Gasteiger charge is -2.35. The lowest BCUT2D eigenvalue weighted by atomic mass is 9.76. The van der Waals surface area contributed by atoms with E-state index in [1.807, 2.05) is 6.92 Å². The number of carbonyl (C=O) groups is 1. The van der Waals surface area contributed by atoms with Gasteiger partial charge in [-0.05, 0) is 25.7 Å². The first kappa shape index (κ1) is 13.0. The molecule has 1 aromatic heterocycles. The zero-order valence-corrected chi connectivity index (χ0v) is 10.9. The summed E-state index contributed by atoms with van der Waals surface area (Å²) >= 11 is 0. The second-order valence-corrected chi connectivity index (χ2v) is 5.42. The molecular formula is C12H21N5O. The maximum atomic E-state index is 12.3. The van der Waals surface area contributed by atoms with Crippen LogP contribution in [0.15, 0.2) is 6.33 Å². The number of nitrogens with one attached hydrogen (secondary N) is 2. The van der Waals surface area contributed by atoms with Crippen LogP contribution >= 0.6 is 0 Å². The summed E-state index contributed by atoms with van der Waals surface area (Å²) < 4.78 is 0. The third kappa shape index (κ3) is 2.69. The van der Waals surface area contributed by atoms with E-state index in [0.717, 1.165) is 25.7 Å². The Morgan fingerprint density at radius 1 is 1.72 bits per heavy atom. The quantitative estimate of drug-likeness (QED) is 0.743. The molecule has 18 heavy (non-hydrogen) atoms. The van der Waals surface area contributed by atoms with E-state index in [9.17, 15) is 4.79 Å². The molecule has 1 aliphatic rings. The van der Waals surface area contributed by atoms with Crippen molar-refractivity contribution in [2.75, 3.05) is 0 Å². The van der Waals surface area contributed by atoms with Crippen molar-refractivity contribution in [1.29, 1.82) is 0 Å². The number of hydrogen-bond donors (Lipinski definition) is 3. The van der Waals surface area contributed by atoms with Crippen LogP contribution in [0.2, 0.25) is 0 Å². The minimum atomic E-state index is -0.730. The van der Waals surface area contributed by atoms with E-state index in [4.69, 9.17) is 5.73 Å². The van der Waals surface area contributed by atoms with Gasteiger partial charge in [0.05, 0.1) is 11.6 Å². The fourth-order valence-corrected chi connectivity index (χ4v) is 2.63. The van der Waals surface area contributed by atoms with Gasteiger partial charge in [0.2, 0.25) is 5.91 Å². The summed E-state index contributed by atoms with van der Waals surface area (Å²) in [6.45, 7) is 4.02. The Morgan fingerprint density at radius 2 is 2.50 bits per heavy atom. The van der Waals surface area contributed by atoms with Crippen LogP contribution in [0, 0.1) is 5.92 Å². The molecule has 0 bridgehead atoms. The standard InChI is InChI=1S/C12H21N5O/c1-8-4-3-5-12(13,6-8)11(18)16-9(2)10-14-7-15-17-10/h7-9H,3-6,13H2,1-2H3,(H,16,18)(H,14,15,17). The van der Waals surface area contributed by atoms with Crippen molar-refractivity contribution in [3.05, 3.63) is 12.2 Å². The molecule has 1 aliphatic carbocycles. The molecule has 2 rings (SSSR count).